The van der Waals surface area contributed by atoms with E-state index in [1.807, 2.05) is 13.8 Å². The van der Waals surface area contributed by atoms with Gasteiger partial charge >= 0.3 is 0 Å². The summed E-state index contributed by atoms with van der Waals surface area (Å²) in [4.78, 5) is 18.5. The summed E-state index contributed by atoms with van der Waals surface area (Å²) in [7, 11) is 0. The maximum atomic E-state index is 10.4. The van der Waals surface area contributed by atoms with Gasteiger partial charge in [0.05, 0.1) is 11.9 Å². The number of pyridine rings is 1. The Morgan fingerprint density at radius 2 is 2.24 bits per heavy atom. The van der Waals surface area contributed by atoms with Crippen LogP contribution in [-0.4, -0.2) is 16.3 Å². The van der Waals surface area contributed by atoms with Crippen LogP contribution < -0.4 is 4.74 Å². The molecule has 0 aliphatic heterocycles. The molecule has 0 spiro atoms. The van der Waals surface area contributed by atoms with Crippen molar-refractivity contribution in [3.63, 3.8) is 0 Å². The molecule has 0 aromatic carbocycles. The third-order valence-electron chi connectivity index (χ3n) is 2.32. The number of rotatable bonds is 4. The van der Waals surface area contributed by atoms with E-state index in [0.29, 0.717) is 23.6 Å². The number of carbonyl (C=O) groups excluding carboxylic acids is 1. The summed E-state index contributed by atoms with van der Waals surface area (Å²) in [6, 6.07) is 3.27. The molecule has 2 rings (SSSR count). The second-order valence-corrected chi connectivity index (χ2v) is 3.57. The van der Waals surface area contributed by atoms with Gasteiger partial charge in [0, 0.05) is 0 Å². The van der Waals surface area contributed by atoms with E-state index in [-0.39, 0.29) is 6.61 Å². The molecule has 0 fully saturated rings. The number of aromatic nitrogens is 2. The van der Waals surface area contributed by atoms with E-state index < -0.39 is 0 Å². The summed E-state index contributed by atoms with van der Waals surface area (Å²) in [5.41, 5.74) is 1.23. The van der Waals surface area contributed by atoms with Crippen molar-refractivity contribution >= 4 is 6.29 Å². The minimum Gasteiger partial charge on any atom is -0.482 e. The van der Waals surface area contributed by atoms with E-state index in [1.54, 1.807) is 12.1 Å². The van der Waals surface area contributed by atoms with E-state index in [4.69, 9.17) is 9.15 Å². The van der Waals surface area contributed by atoms with Crippen LogP contribution in [0.15, 0.2) is 22.7 Å². The summed E-state index contributed by atoms with van der Waals surface area (Å²) >= 11 is 0. The number of aryl methyl sites for hydroxylation is 2. The minimum atomic E-state index is 0.247. The smallest absolute Gasteiger partial charge is 0.232 e. The lowest BCUT2D eigenvalue weighted by Crippen LogP contribution is -1.97. The number of nitrogens with zero attached hydrogens (tertiary/aromatic N) is 2. The highest BCUT2D eigenvalue weighted by Crippen LogP contribution is 2.13. The molecule has 0 atom stereocenters. The molecule has 88 valence electrons. The lowest BCUT2D eigenvalue weighted by molar-refractivity contribution is 0.111. The monoisotopic (exact) mass is 232 g/mol. The van der Waals surface area contributed by atoms with E-state index in [2.05, 4.69) is 9.97 Å². The van der Waals surface area contributed by atoms with Gasteiger partial charge in [-0.2, -0.15) is 0 Å². The highest BCUT2D eigenvalue weighted by Gasteiger charge is 2.06. The van der Waals surface area contributed by atoms with Crippen LogP contribution in [0, 0.1) is 13.8 Å². The lowest BCUT2D eigenvalue weighted by atomic mass is 10.4. The van der Waals surface area contributed by atoms with E-state index >= 15 is 0 Å². The van der Waals surface area contributed by atoms with Crippen molar-refractivity contribution in [2.24, 2.45) is 0 Å². The molecule has 0 unspecified atom stereocenters. The van der Waals surface area contributed by atoms with Crippen molar-refractivity contribution in [3.05, 3.63) is 41.4 Å². The van der Waals surface area contributed by atoms with Gasteiger partial charge in [-0.05, 0) is 26.0 Å². The molecule has 0 bridgehead atoms. The summed E-state index contributed by atoms with van der Waals surface area (Å²) in [6.45, 7) is 3.98. The Bertz CT molecular complexity index is 498. The van der Waals surface area contributed by atoms with Crippen LogP contribution in [0.2, 0.25) is 0 Å². The summed E-state index contributed by atoms with van der Waals surface area (Å²) in [5.74, 6) is 1.89. The summed E-state index contributed by atoms with van der Waals surface area (Å²) < 4.78 is 10.8. The number of carbonyl (C=O) groups is 1. The van der Waals surface area contributed by atoms with Crippen LogP contribution in [-0.2, 0) is 6.61 Å². The molecule has 0 N–H and O–H groups in total. The molecule has 0 radical (unpaired) electrons. The van der Waals surface area contributed by atoms with Gasteiger partial charge in [-0.15, -0.1) is 0 Å². The zero-order chi connectivity index (χ0) is 12.3. The molecule has 5 nitrogen and oxygen atoms in total. The van der Waals surface area contributed by atoms with Gasteiger partial charge in [-0.25, -0.2) is 9.97 Å². The van der Waals surface area contributed by atoms with Gasteiger partial charge in [0.2, 0.25) is 5.89 Å². The molecule has 0 amide bonds. The van der Waals surface area contributed by atoms with Crippen LogP contribution in [0.3, 0.4) is 0 Å². The first kappa shape index (κ1) is 11.3. The van der Waals surface area contributed by atoms with E-state index in [9.17, 15) is 4.79 Å². The van der Waals surface area contributed by atoms with Crippen LogP contribution >= 0.6 is 0 Å². The zero-order valence-electron chi connectivity index (χ0n) is 9.64. The van der Waals surface area contributed by atoms with Crippen molar-refractivity contribution in [3.8, 4) is 5.75 Å². The second-order valence-electron chi connectivity index (χ2n) is 3.57. The molecule has 0 saturated carbocycles. The number of ether oxygens (including phenoxy) is 1. The average molecular weight is 232 g/mol. The van der Waals surface area contributed by atoms with Gasteiger partial charge in [0.15, 0.2) is 12.9 Å². The standard InChI is InChI=1S/C12H12N2O3/c1-8-9(2)17-12(14-8)7-16-11-4-3-10(6-15)13-5-11/h3-6H,7H2,1-2H3. The fourth-order valence-electron chi connectivity index (χ4n) is 1.29. The molecular formula is C12H12N2O3. The Morgan fingerprint density at radius 1 is 1.41 bits per heavy atom. The van der Waals surface area contributed by atoms with E-state index in [0.717, 1.165) is 11.5 Å². The van der Waals surface area contributed by atoms with Gasteiger partial charge in [0.25, 0.3) is 0 Å². The fourth-order valence-corrected chi connectivity index (χ4v) is 1.29. The Balaban J connectivity index is 1.99. The quantitative estimate of drug-likeness (QED) is 0.755. The second kappa shape index (κ2) is 4.78. The molecule has 2 aromatic heterocycles. The first-order valence-electron chi connectivity index (χ1n) is 5.16. The Labute approximate surface area is 98.5 Å². The molecule has 17 heavy (non-hydrogen) atoms. The van der Waals surface area contributed by atoms with Crippen LogP contribution in [0.5, 0.6) is 5.75 Å². The topological polar surface area (TPSA) is 65.2 Å². The SMILES string of the molecule is Cc1nc(COc2ccc(C=O)nc2)oc1C. The molecule has 0 aliphatic rings. The maximum absolute atomic E-state index is 10.4. The lowest BCUT2D eigenvalue weighted by Gasteiger charge is -2.02. The van der Waals surface area contributed by atoms with Crippen LogP contribution in [0.1, 0.15) is 27.8 Å². The number of oxazole rings is 1. The molecule has 2 heterocycles. The Morgan fingerprint density at radius 3 is 2.76 bits per heavy atom. The molecule has 0 saturated heterocycles. The first-order chi connectivity index (χ1) is 8.19. The molecule has 2 aromatic rings. The van der Waals surface area contributed by atoms with Crippen molar-refractivity contribution in [2.45, 2.75) is 20.5 Å². The third kappa shape index (κ3) is 2.69. The van der Waals surface area contributed by atoms with Gasteiger partial charge in [-0.1, -0.05) is 0 Å². The van der Waals surface area contributed by atoms with Crippen LogP contribution in [0.4, 0.5) is 0 Å². The number of hydrogen-bond donors (Lipinski definition) is 0. The van der Waals surface area contributed by atoms with Crippen molar-refractivity contribution in [2.75, 3.05) is 0 Å². The third-order valence-corrected chi connectivity index (χ3v) is 2.32. The fraction of sp³-hybridized carbons (Fsp3) is 0.250. The van der Waals surface area contributed by atoms with Crippen molar-refractivity contribution in [1.29, 1.82) is 0 Å². The summed E-state index contributed by atoms with van der Waals surface area (Å²) in [5, 5.41) is 0. The maximum Gasteiger partial charge on any atom is 0.232 e. The summed E-state index contributed by atoms with van der Waals surface area (Å²) in [6.07, 6.45) is 2.18. The van der Waals surface area contributed by atoms with Gasteiger partial charge < -0.3 is 9.15 Å². The minimum absolute atomic E-state index is 0.247. The predicted molar refractivity (Wildman–Crippen MR) is 59.9 cm³/mol. The molecular weight excluding hydrogens is 220 g/mol. The van der Waals surface area contributed by atoms with Crippen molar-refractivity contribution < 1.29 is 13.9 Å². The predicted octanol–water partition coefficient (Wildman–Crippen LogP) is 2.08. The highest BCUT2D eigenvalue weighted by atomic mass is 16.5. The van der Waals surface area contributed by atoms with E-state index in [1.165, 1.54) is 6.20 Å². The highest BCUT2D eigenvalue weighted by molar-refractivity contribution is 5.71. The molecule has 0 aliphatic carbocycles. The average Bonchev–Trinajstić information content (AvgIpc) is 2.67. The van der Waals surface area contributed by atoms with Gasteiger partial charge in [0.1, 0.15) is 17.2 Å². The van der Waals surface area contributed by atoms with Crippen LogP contribution in [0.25, 0.3) is 0 Å². The zero-order valence-corrected chi connectivity index (χ0v) is 9.64. The number of hydrogen-bond acceptors (Lipinski definition) is 5. The number of aldehydes is 1. The van der Waals surface area contributed by atoms with Crippen molar-refractivity contribution in [1.82, 2.24) is 9.97 Å². The Hall–Kier alpha value is -2.17. The molecule has 5 heteroatoms. The Kier molecular flexibility index (Phi) is 3.18. The largest absolute Gasteiger partial charge is 0.482 e. The normalized spacial score (nSPS) is 10.2. The van der Waals surface area contributed by atoms with Gasteiger partial charge in [-0.3, -0.25) is 4.79 Å². The first-order valence-corrected chi connectivity index (χ1v) is 5.16.